The van der Waals surface area contributed by atoms with Crippen LogP contribution in [0.5, 0.6) is 0 Å². The van der Waals surface area contributed by atoms with Gasteiger partial charge in [0.2, 0.25) is 0 Å². The van der Waals surface area contributed by atoms with Gasteiger partial charge in [0, 0.05) is 59.8 Å². The van der Waals surface area contributed by atoms with Gasteiger partial charge in [-0.15, -0.1) is 11.3 Å². The first-order valence-electron chi connectivity index (χ1n) is 21.5. The predicted octanol–water partition coefficient (Wildman–Crippen LogP) is 12.5. The third-order valence-corrected chi connectivity index (χ3v) is 13.4. The maximum atomic E-state index is 14.1. The van der Waals surface area contributed by atoms with Crippen molar-refractivity contribution in [2.75, 3.05) is 0 Å². The number of thiophene rings is 1. The summed E-state index contributed by atoms with van der Waals surface area (Å²) in [5.41, 5.74) is 10.8. The normalized spacial score (nSPS) is 14.7. The molecule has 11 rings (SSSR count). The van der Waals surface area contributed by atoms with Crippen molar-refractivity contribution in [2.45, 2.75) is 13.1 Å². The van der Waals surface area contributed by atoms with Gasteiger partial charge in [0.1, 0.15) is 47.2 Å². The van der Waals surface area contributed by atoms with E-state index in [0.717, 1.165) is 38.3 Å². The molecule has 326 valence electrons. The van der Waals surface area contributed by atoms with Crippen molar-refractivity contribution in [3.8, 4) is 74.6 Å². The molecule has 0 bridgehead atoms. The number of nitriles is 3. The van der Waals surface area contributed by atoms with Gasteiger partial charge < -0.3 is 5.32 Å². The minimum atomic E-state index is -0.535. The average Bonchev–Trinajstić information content (AvgIpc) is 4.01. The summed E-state index contributed by atoms with van der Waals surface area (Å²) in [6.45, 7) is 5.99. The van der Waals surface area contributed by atoms with Gasteiger partial charge >= 0.3 is 0 Å². The summed E-state index contributed by atoms with van der Waals surface area (Å²) in [5.74, 6) is 0.508. The number of aryl methyl sites for hydroxylation is 1. The molecule has 0 fully saturated rings. The van der Waals surface area contributed by atoms with Crippen molar-refractivity contribution in [2.24, 2.45) is 9.98 Å². The molecule has 1 unspecified atom stereocenters. The Kier molecular flexibility index (Phi) is 10.3. The monoisotopic (exact) mass is 917 g/mol. The summed E-state index contributed by atoms with van der Waals surface area (Å²) in [6.07, 6.45) is 0.970. The van der Waals surface area contributed by atoms with Gasteiger partial charge in [-0.3, -0.25) is 0 Å². The van der Waals surface area contributed by atoms with E-state index in [1.165, 1.54) is 53.8 Å². The van der Waals surface area contributed by atoms with E-state index in [9.17, 15) is 29.0 Å². The van der Waals surface area contributed by atoms with Crippen molar-refractivity contribution in [3.63, 3.8) is 0 Å². The Hall–Kier alpha value is -9.35. The number of benzene rings is 6. The molecule has 0 saturated heterocycles. The van der Waals surface area contributed by atoms with E-state index in [4.69, 9.17) is 20.0 Å². The highest BCUT2D eigenvalue weighted by atomic mass is 32.1. The molecule has 69 heavy (non-hydrogen) atoms. The van der Waals surface area contributed by atoms with Gasteiger partial charge in [-0.05, 0) is 120 Å². The molecule has 8 aromatic rings. The first-order chi connectivity index (χ1) is 33.6. The molecule has 0 amide bonds. The third kappa shape index (κ3) is 7.29. The SMILES string of the molecule is C=C/C(C#N)=C1/c2cc(-c3nc(-c4ccc(F)cc4)nc(-c4ccc(F)cc4)n3)ccc2-c2c1sc1c2-c2ccc(C3=NC(c4ccc(C)cc4)NC(c4ccc(F)cc4)=N3)cc2C1=C(C#N)C#N. The second-order valence-corrected chi connectivity index (χ2v) is 17.3. The Morgan fingerprint density at radius 2 is 1.06 bits per heavy atom. The molecular formula is C56H30F3N9S. The largest absolute Gasteiger partial charge is 0.344 e. The predicted molar refractivity (Wildman–Crippen MR) is 260 cm³/mol. The minimum absolute atomic E-state index is 0.0820. The second-order valence-electron chi connectivity index (χ2n) is 16.3. The van der Waals surface area contributed by atoms with Gasteiger partial charge in [0.05, 0.1) is 11.6 Å². The van der Waals surface area contributed by atoms with Crippen LogP contribution in [0.3, 0.4) is 0 Å². The van der Waals surface area contributed by atoms with E-state index in [1.54, 1.807) is 36.4 Å². The first kappa shape index (κ1) is 42.3. The number of hydrogen-bond acceptors (Lipinski definition) is 10. The second kappa shape index (κ2) is 16.8. The molecule has 1 aliphatic heterocycles. The van der Waals surface area contributed by atoms with E-state index in [2.05, 4.69) is 35.1 Å². The third-order valence-electron chi connectivity index (χ3n) is 12.2. The van der Waals surface area contributed by atoms with Crippen LogP contribution in [0.4, 0.5) is 13.2 Å². The summed E-state index contributed by atoms with van der Waals surface area (Å²) in [5, 5.41) is 34.9. The molecule has 3 heterocycles. The number of aromatic nitrogens is 3. The van der Waals surface area contributed by atoms with Crippen molar-refractivity contribution in [1.29, 1.82) is 15.8 Å². The number of halogens is 3. The number of rotatable bonds is 7. The Balaban J connectivity index is 1.08. The van der Waals surface area contributed by atoms with Crippen LogP contribution in [-0.4, -0.2) is 26.6 Å². The van der Waals surface area contributed by atoms with Crippen LogP contribution in [-0.2, 0) is 0 Å². The standard InChI is InChI=1S/C56H30F3N9S/c1-3-30(26-60)45-43-24-35(55-67-53(33-10-18-39(58)19-11-33)64-54(68-55)34-12-20-40(59)21-13-34)14-22-41(43)47-48-42-23-15-36(25-44(42)46(37(27-61)28-62)50(48)69-49(45)47)56-65-51(31-6-4-29(2)5-7-31)63-52(66-56)32-8-16-38(57)17-9-32/h3-25,51H,1H2,2H3,(H,63,65,66)/b45-30+. The molecule has 6 aromatic carbocycles. The lowest BCUT2D eigenvalue weighted by Crippen LogP contribution is -2.33. The molecule has 0 saturated carbocycles. The van der Waals surface area contributed by atoms with Crippen molar-refractivity contribution in [3.05, 3.63) is 218 Å². The number of amidine groups is 2. The van der Waals surface area contributed by atoms with Crippen LogP contribution in [0.25, 0.3) is 67.6 Å². The van der Waals surface area contributed by atoms with Crippen LogP contribution in [0.15, 0.2) is 167 Å². The summed E-state index contributed by atoms with van der Waals surface area (Å²) in [7, 11) is 0. The Bertz CT molecular complexity index is 3690. The molecule has 2 aliphatic carbocycles. The maximum absolute atomic E-state index is 14.1. The fourth-order valence-electron chi connectivity index (χ4n) is 8.83. The van der Waals surface area contributed by atoms with Crippen molar-refractivity contribution in [1.82, 2.24) is 20.3 Å². The summed E-state index contributed by atoms with van der Waals surface area (Å²) in [6, 6.07) is 43.7. The van der Waals surface area contributed by atoms with Crippen molar-refractivity contribution >= 4 is 34.2 Å². The molecule has 0 spiro atoms. The molecular weight excluding hydrogens is 888 g/mol. The van der Waals surface area contributed by atoms with Gasteiger partial charge in [0.15, 0.2) is 23.3 Å². The van der Waals surface area contributed by atoms with Crippen LogP contribution in [0.1, 0.15) is 49.3 Å². The average molecular weight is 918 g/mol. The lowest BCUT2D eigenvalue weighted by Gasteiger charge is -2.24. The number of nitrogens with zero attached hydrogens (tertiary/aromatic N) is 8. The van der Waals surface area contributed by atoms with E-state index in [-0.39, 0.29) is 28.9 Å². The zero-order valence-corrected chi connectivity index (χ0v) is 37.0. The highest BCUT2D eigenvalue weighted by Crippen LogP contribution is 2.61. The fourth-order valence-corrected chi connectivity index (χ4v) is 10.3. The fraction of sp³-hybridized carbons (Fsp3) is 0.0357. The van der Waals surface area contributed by atoms with Crippen LogP contribution in [0, 0.1) is 58.4 Å². The minimum Gasteiger partial charge on any atom is -0.344 e. The van der Waals surface area contributed by atoms with E-state index < -0.39 is 17.8 Å². The topological polar surface area (TPSA) is 147 Å². The maximum Gasteiger partial charge on any atom is 0.164 e. The first-order valence-corrected chi connectivity index (χ1v) is 22.3. The number of nitrogens with one attached hydrogen (secondary N) is 1. The van der Waals surface area contributed by atoms with E-state index >= 15 is 0 Å². The smallest absolute Gasteiger partial charge is 0.164 e. The Labute approximate surface area is 397 Å². The van der Waals surface area contributed by atoms with Crippen LogP contribution < -0.4 is 5.32 Å². The number of fused-ring (bicyclic) bond motifs is 7. The van der Waals surface area contributed by atoms with Gasteiger partial charge in [-0.1, -0.05) is 66.7 Å². The van der Waals surface area contributed by atoms with E-state index in [1.807, 2.05) is 67.6 Å². The molecule has 3 aliphatic rings. The van der Waals surface area contributed by atoms with Crippen LogP contribution >= 0.6 is 11.3 Å². The summed E-state index contributed by atoms with van der Waals surface area (Å²) in [4.78, 5) is 25.8. The number of aliphatic imine (C=N–C) groups is 2. The number of hydrogen-bond donors (Lipinski definition) is 1. The lowest BCUT2D eigenvalue weighted by atomic mass is 9.96. The molecule has 0 radical (unpaired) electrons. The van der Waals surface area contributed by atoms with E-state index in [0.29, 0.717) is 72.2 Å². The van der Waals surface area contributed by atoms with Crippen molar-refractivity contribution < 1.29 is 13.2 Å². The summed E-state index contributed by atoms with van der Waals surface area (Å²) < 4.78 is 42.1. The summed E-state index contributed by atoms with van der Waals surface area (Å²) >= 11 is 1.38. The highest BCUT2D eigenvalue weighted by molar-refractivity contribution is 7.16. The quantitative estimate of drug-likeness (QED) is 0.157. The molecule has 1 N–H and O–H groups in total. The number of allylic oxidation sites excluding steroid dienone is 3. The van der Waals surface area contributed by atoms with Gasteiger partial charge in [-0.25, -0.2) is 38.1 Å². The van der Waals surface area contributed by atoms with Gasteiger partial charge in [-0.2, -0.15) is 15.8 Å². The van der Waals surface area contributed by atoms with Gasteiger partial charge in [0.25, 0.3) is 0 Å². The molecule has 9 nitrogen and oxygen atoms in total. The molecule has 13 heteroatoms. The molecule has 1 atom stereocenters. The Morgan fingerprint density at radius 1 is 0.580 bits per heavy atom. The highest BCUT2D eigenvalue weighted by Gasteiger charge is 2.40. The zero-order chi connectivity index (χ0) is 47.5. The molecule has 2 aromatic heterocycles. The lowest BCUT2D eigenvalue weighted by molar-refractivity contribution is 0.627. The zero-order valence-electron chi connectivity index (χ0n) is 36.2. The Morgan fingerprint density at radius 3 is 1.59 bits per heavy atom. The van der Waals surface area contributed by atoms with Crippen LogP contribution in [0.2, 0.25) is 0 Å².